The molecule has 0 aromatic heterocycles. The Morgan fingerprint density at radius 1 is 1.32 bits per heavy atom. The highest BCUT2D eigenvalue weighted by Crippen LogP contribution is 2.17. The SMILES string of the molecule is CC(CCNCC(=O)NCCC#N)c1ccccc1. The van der Waals surface area contributed by atoms with Gasteiger partial charge in [-0.2, -0.15) is 5.26 Å². The van der Waals surface area contributed by atoms with Crippen LogP contribution in [0.1, 0.15) is 31.2 Å². The van der Waals surface area contributed by atoms with Crippen LogP contribution in [0.25, 0.3) is 0 Å². The van der Waals surface area contributed by atoms with Gasteiger partial charge in [0.05, 0.1) is 19.0 Å². The van der Waals surface area contributed by atoms with Gasteiger partial charge in [0.2, 0.25) is 5.91 Å². The lowest BCUT2D eigenvalue weighted by molar-refractivity contribution is -0.120. The van der Waals surface area contributed by atoms with E-state index in [-0.39, 0.29) is 5.91 Å². The molecule has 1 aromatic rings. The maximum Gasteiger partial charge on any atom is 0.233 e. The standard InChI is InChI=1S/C15H21N3O/c1-13(14-6-3-2-4-7-14)8-11-17-12-15(19)18-10-5-9-16/h2-4,6-7,13,17H,5,8,10-12H2,1H3,(H,18,19). The van der Waals surface area contributed by atoms with Crippen LogP contribution in [0.3, 0.4) is 0 Å². The zero-order valence-electron chi connectivity index (χ0n) is 11.4. The second kappa shape index (κ2) is 9.12. The summed E-state index contributed by atoms with van der Waals surface area (Å²) in [6, 6.07) is 12.3. The summed E-state index contributed by atoms with van der Waals surface area (Å²) < 4.78 is 0. The Hall–Kier alpha value is -1.86. The van der Waals surface area contributed by atoms with Gasteiger partial charge in [-0.05, 0) is 24.4 Å². The molecule has 0 radical (unpaired) electrons. The van der Waals surface area contributed by atoms with Crippen molar-refractivity contribution in [1.29, 1.82) is 5.26 Å². The molecule has 1 rings (SSSR count). The van der Waals surface area contributed by atoms with Crippen molar-refractivity contribution < 1.29 is 4.79 Å². The van der Waals surface area contributed by atoms with Crippen LogP contribution in [-0.4, -0.2) is 25.5 Å². The third kappa shape index (κ3) is 6.58. The molecule has 19 heavy (non-hydrogen) atoms. The van der Waals surface area contributed by atoms with Gasteiger partial charge in [0, 0.05) is 6.54 Å². The van der Waals surface area contributed by atoms with E-state index in [4.69, 9.17) is 5.26 Å². The minimum atomic E-state index is -0.0531. The fourth-order valence-electron chi connectivity index (χ4n) is 1.79. The molecule has 0 bridgehead atoms. The third-order valence-corrected chi connectivity index (χ3v) is 2.97. The van der Waals surface area contributed by atoms with Gasteiger partial charge in [0.15, 0.2) is 0 Å². The Morgan fingerprint density at radius 3 is 2.74 bits per heavy atom. The van der Waals surface area contributed by atoms with Crippen molar-refractivity contribution in [2.75, 3.05) is 19.6 Å². The lowest BCUT2D eigenvalue weighted by Crippen LogP contribution is -2.34. The van der Waals surface area contributed by atoms with E-state index in [2.05, 4.69) is 29.7 Å². The summed E-state index contributed by atoms with van der Waals surface area (Å²) in [5.74, 6) is 0.429. The molecule has 0 heterocycles. The van der Waals surface area contributed by atoms with Gasteiger partial charge in [-0.3, -0.25) is 4.79 Å². The number of amides is 1. The van der Waals surface area contributed by atoms with E-state index in [1.165, 1.54) is 5.56 Å². The molecule has 102 valence electrons. The molecule has 0 spiro atoms. The molecule has 0 aliphatic rings. The lowest BCUT2D eigenvalue weighted by atomic mass is 9.98. The molecule has 2 N–H and O–H groups in total. The Kier molecular flexibility index (Phi) is 7.30. The van der Waals surface area contributed by atoms with Crippen molar-refractivity contribution in [1.82, 2.24) is 10.6 Å². The highest BCUT2D eigenvalue weighted by molar-refractivity contribution is 5.77. The Labute approximate surface area is 114 Å². The predicted molar refractivity (Wildman–Crippen MR) is 75.6 cm³/mol. The van der Waals surface area contributed by atoms with Crippen LogP contribution >= 0.6 is 0 Å². The van der Waals surface area contributed by atoms with Gasteiger partial charge in [-0.25, -0.2) is 0 Å². The maximum atomic E-state index is 11.3. The number of nitrogens with one attached hydrogen (secondary N) is 2. The average Bonchev–Trinajstić information content (AvgIpc) is 2.44. The van der Waals surface area contributed by atoms with Crippen molar-refractivity contribution in [2.45, 2.75) is 25.7 Å². The highest BCUT2D eigenvalue weighted by Gasteiger charge is 2.05. The molecule has 0 saturated carbocycles. The summed E-state index contributed by atoms with van der Waals surface area (Å²) in [6.07, 6.45) is 1.35. The van der Waals surface area contributed by atoms with Crippen molar-refractivity contribution in [3.05, 3.63) is 35.9 Å². The van der Waals surface area contributed by atoms with Crippen LogP contribution in [0.15, 0.2) is 30.3 Å². The molecule has 1 atom stereocenters. The van der Waals surface area contributed by atoms with Gasteiger partial charge >= 0.3 is 0 Å². The predicted octanol–water partition coefficient (Wildman–Crippen LogP) is 1.80. The van der Waals surface area contributed by atoms with Gasteiger partial charge in [-0.1, -0.05) is 37.3 Å². The molecule has 0 aliphatic heterocycles. The third-order valence-electron chi connectivity index (χ3n) is 2.97. The Balaban J connectivity index is 2.11. The molecule has 1 unspecified atom stereocenters. The molecule has 0 saturated heterocycles. The monoisotopic (exact) mass is 259 g/mol. The summed E-state index contributed by atoms with van der Waals surface area (Å²) >= 11 is 0. The normalized spacial score (nSPS) is 11.6. The second-order valence-electron chi connectivity index (χ2n) is 4.54. The smallest absolute Gasteiger partial charge is 0.233 e. The van der Waals surface area contributed by atoms with Crippen LogP contribution in [0, 0.1) is 11.3 Å². The van der Waals surface area contributed by atoms with E-state index in [1.807, 2.05) is 24.3 Å². The molecular formula is C15H21N3O. The number of benzene rings is 1. The molecule has 0 aliphatic carbocycles. The molecule has 1 amide bonds. The van der Waals surface area contributed by atoms with E-state index in [0.717, 1.165) is 13.0 Å². The van der Waals surface area contributed by atoms with E-state index in [9.17, 15) is 4.79 Å². The Bertz CT molecular complexity index is 411. The van der Waals surface area contributed by atoms with E-state index in [0.29, 0.717) is 25.4 Å². The molecule has 1 aromatic carbocycles. The first-order valence-corrected chi connectivity index (χ1v) is 6.63. The van der Waals surface area contributed by atoms with E-state index in [1.54, 1.807) is 0 Å². The number of hydrogen-bond acceptors (Lipinski definition) is 3. The van der Waals surface area contributed by atoms with Crippen molar-refractivity contribution >= 4 is 5.91 Å². The second-order valence-corrected chi connectivity index (χ2v) is 4.54. The first kappa shape index (κ1) is 15.2. The van der Waals surface area contributed by atoms with Crippen LogP contribution in [0.2, 0.25) is 0 Å². The largest absolute Gasteiger partial charge is 0.354 e. The fraction of sp³-hybridized carbons (Fsp3) is 0.467. The number of carbonyl (C=O) groups excluding carboxylic acids is 1. The molecular weight excluding hydrogens is 238 g/mol. The van der Waals surface area contributed by atoms with E-state index >= 15 is 0 Å². The van der Waals surface area contributed by atoms with Crippen LogP contribution in [-0.2, 0) is 4.79 Å². The molecule has 4 heteroatoms. The minimum absolute atomic E-state index is 0.0531. The quantitative estimate of drug-likeness (QED) is 0.700. The van der Waals surface area contributed by atoms with Crippen LogP contribution in [0.5, 0.6) is 0 Å². The first-order chi connectivity index (χ1) is 9.24. The zero-order chi connectivity index (χ0) is 13.9. The van der Waals surface area contributed by atoms with E-state index < -0.39 is 0 Å². The molecule has 0 fully saturated rings. The number of carbonyl (C=O) groups is 1. The highest BCUT2D eigenvalue weighted by atomic mass is 16.1. The van der Waals surface area contributed by atoms with Crippen LogP contribution < -0.4 is 10.6 Å². The van der Waals surface area contributed by atoms with Gasteiger partial charge < -0.3 is 10.6 Å². The van der Waals surface area contributed by atoms with Gasteiger partial charge in [0.1, 0.15) is 0 Å². The summed E-state index contributed by atoms with van der Waals surface area (Å²) in [6.45, 7) is 3.73. The maximum absolute atomic E-state index is 11.3. The lowest BCUT2D eigenvalue weighted by Gasteiger charge is -2.12. The summed E-state index contributed by atoms with van der Waals surface area (Å²) in [5, 5.41) is 14.1. The van der Waals surface area contributed by atoms with Crippen molar-refractivity contribution in [3.63, 3.8) is 0 Å². The Morgan fingerprint density at radius 2 is 2.05 bits per heavy atom. The van der Waals surface area contributed by atoms with Crippen molar-refractivity contribution in [3.8, 4) is 6.07 Å². The fourth-order valence-corrected chi connectivity index (χ4v) is 1.79. The average molecular weight is 259 g/mol. The summed E-state index contributed by atoms with van der Waals surface area (Å²) in [5.41, 5.74) is 1.32. The van der Waals surface area contributed by atoms with Crippen molar-refractivity contribution in [2.24, 2.45) is 0 Å². The number of nitrogens with zero attached hydrogens (tertiary/aromatic N) is 1. The van der Waals surface area contributed by atoms with Gasteiger partial charge in [0.25, 0.3) is 0 Å². The van der Waals surface area contributed by atoms with Gasteiger partial charge in [-0.15, -0.1) is 0 Å². The summed E-state index contributed by atoms with van der Waals surface area (Å²) in [4.78, 5) is 11.3. The minimum Gasteiger partial charge on any atom is -0.354 e. The summed E-state index contributed by atoms with van der Waals surface area (Å²) in [7, 11) is 0. The number of hydrogen-bond donors (Lipinski definition) is 2. The molecule has 4 nitrogen and oxygen atoms in total. The zero-order valence-corrected chi connectivity index (χ0v) is 11.4. The number of rotatable bonds is 8. The topological polar surface area (TPSA) is 64.9 Å². The van der Waals surface area contributed by atoms with Crippen LogP contribution in [0.4, 0.5) is 0 Å². The first-order valence-electron chi connectivity index (χ1n) is 6.63. The number of nitriles is 1.